The number of hydrogen-bond donors (Lipinski definition) is 1. The Morgan fingerprint density at radius 3 is 2.58 bits per heavy atom. The van der Waals surface area contributed by atoms with Gasteiger partial charge in [0, 0.05) is 12.2 Å². The molecule has 0 aliphatic carbocycles. The molecule has 0 bridgehead atoms. The summed E-state index contributed by atoms with van der Waals surface area (Å²) in [4.78, 5) is 0. The Hall–Kier alpha value is -2.13. The third kappa shape index (κ3) is 4.68. The second-order valence-electron chi connectivity index (χ2n) is 5.59. The van der Waals surface area contributed by atoms with Gasteiger partial charge in [-0.05, 0) is 61.7 Å². The maximum absolute atomic E-state index is 6.37. The van der Waals surface area contributed by atoms with Crippen molar-refractivity contribution in [2.24, 2.45) is 0 Å². The molecule has 0 aliphatic rings. The fourth-order valence-electron chi connectivity index (χ4n) is 2.32. The molecule has 128 valence electrons. The molecule has 0 saturated heterocycles. The molecule has 24 heavy (non-hydrogen) atoms. The molecule has 0 heterocycles. The average molecular weight is 346 g/mol. The number of benzene rings is 2. The monoisotopic (exact) mass is 345 g/mol. The second-order valence-corrected chi connectivity index (χ2v) is 6.00. The standard InChI is InChI=1S/C20H24ClNO2/c1-5-9-24-20-18(21)11-16(12-19(20)23-6-2)13-22-17-8-7-14(3)15(4)10-17/h5,7-8,10-12,22H,1,6,9,13H2,2-4H3. The molecule has 0 spiro atoms. The van der Waals surface area contributed by atoms with Gasteiger partial charge in [-0.25, -0.2) is 0 Å². The quantitative estimate of drug-likeness (QED) is 0.638. The summed E-state index contributed by atoms with van der Waals surface area (Å²) < 4.78 is 11.3. The van der Waals surface area contributed by atoms with Crippen LogP contribution in [0.25, 0.3) is 0 Å². The summed E-state index contributed by atoms with van der Waals surface area (Å²) in [6.45, 7) is 11.4. The van der Waals surface area contributed by atoms with Crippen molar-refractivity contribution in [2.75, 3.05) is 18.5 Å². The molecule has 3 nitrogen and oxygen atoms in total. The highest BCUT2D eigenvalue weighted by Crippen LogP contribution is 2.37. The van der Waals surface area contributed by atoms with Crippen LogP contribution in [0.1, 0.15) is 23.6 Å². The first-order chi connectivity index (χ1) is 11.5. The predicted octanol–water partition coefficient (Wildman–Crippen LogP) is 5.53. The third-order valence-electron chi connectivity index (χ3n) is 3.72. The molecule has 0 fully saturated rings. The Labute approximate surface area is 149 Å². The number of rotatable bonds is 8. The molecule has 0 amide bonds. The Bertz CT molecular complexity index is 713. The lowest BCUT2D eigenvalue weighted by molar-refractivity contribution is 0.297. The predicted molar refractivity (Wildman–Crippen MR) is 102 cm³/mol. The van der Waals surface area contributed by atoms with Crippen molar-refractivity contribution in [1.29, 1.82) is 0 Å². The highest BCUT2D eigenvalue weighted by molar-refractivity contribution is 6.32. The summed E-state index contributed by atoms with van der Waals surface area (Å²) >= 11 is 6.37. The molecule has 0 atom stereocenters. The van der Waals surface area contributed by atoms with E-state index in [1.54, 1.807) is 6.08 Å². The zero-order valence-electron chi connectivity index (χ0n) is 14.5. The fourth-order valence-corrected chi connectivity index (χ4v) is 2.61. The van der Waals surface area contributed by atoms with Gasteiger partial charge in [-0.15, -0.1) is 0 Å². The molecule has 1 N–H and O–H groups in total. The van der Waals surface area contributed by atoms with Crippen LogP contribution in [0.2, 0.25) is 5.02 Å². The topological polar surface area (TPSA) is 30.5 Å². The van der Waals surface area contributed by atoms with Gasteiger partial charge in [0.15, 0.2) is 11.5 Å². The highest BCUT2D eigenvalue weighted by atomic mass is 35.5. The van der Waals surface area contributed by atoms with Gasteiger partial charge in [0.05, 0.1) is 11.6 Å². The van der Waals surface area contributed by atoms with Gasteiger partial charge >= 0.3 is 0 Å². The van der Waals surface area contributed by atoms with Crippen molar-refractivity contribution in [3.63, 3.8) is 0 Å². The van der Waals surface area contributed by atoms with Crippen molar-refractivity contribution in [2.45, 2.75) is 27.3 Å². The number of ether oxygens (including phenoxy) is 2. The summed E-state index contributed by atoms with van der Waals surface area (Å²) in [7, 11) is 0. The van der Waals surface area contributed by atoms with Crippen LogP contribution < -0.4 is 14.8 Å². The van der Waals surface area contributed by atoms with Crippen molar-refractivity contribution in [3.05, 3.63) is 64.7 Å². The van der Waals surface area contributed by atoms with E-state index in [-0.39, 0.29) is 0 Å². The Balaban J connectivity index is 2.17. The van der Waals surface area contributed by atoms with E-state index in [1.807, 2.05) is 19.1 Å². The molecule has 0 unspecified atom stereocenters. The number of hydrogen-bond acceptors (Lipinski definition) is 3. The number of halogens is 1. The molecule has 0 radical (unpaired) electrons. The minimum atomic E-state index is 0.389. The van der Waals surface area contributed by atoms with Gasteiger partial charge in [0.2, 0.25) is 0 Å². The Morgan fingerprint density at radius 1 is 1.12 bits per heavy atom. The van der Waals surface area contributed by atoms with Crippen molar-refractivity contribution < 1.29 is 9.47 Å². The summed E-state index contributed by atoms with van der Waals surface area (Å²) in [5.41, 5.74) is 4.67. The third-order valence-corrected chi connectivity index (χ3v) is 4.00. The average Bonchev–Trinajstić information content (AvgIpc) is 2.55. The van der Waals surface area contributed by atoms with Crippen LogP contribution in [0.5, 0.6) is 11.5 Å². The van der Waals surface area contributed by atoms with Crippen LogP contribution in [0.4, 0.5) is 5.69 Å². The molecule has 2 aromatic carbocycles. The minimum absolute atomic E-state index is 0.389. The van der Waals surface area contributed by atoms with E-state index in [0.717, 1.165) is 11.3 Å². The normalized spacial score (nSPS) is 10.3. The van der Waals surface area contributed by atoms with E-state index in [2.05, 4.69) is 43.9 Å². The van der Waals surface area contributed by atoms with E-state index in [9.17, 15) is 0 Å². The maximum atomic E-state index is 6.37. The molecule has 0 aliphatic heterocycles. The van der Waals surface area contributed by atoms with Gasteiger partial charge in [-0.1, -0.05) is 30.3 Å². The lowest BCUT2D eigenvalue weighted by Gasteiger charge is -2.15. The second kappa shape index (κ2) is 8.65. The molecule has 2 rings (SSSR count). The molecular weight excluding hydrogens is 322 g/mol. The molecule has 4 heteroatoms. The van der Waals surface area contributed by atoms with Crippen LogP contribution in [-0.2, 0) is 6.54 Å². The van der Waals surface area contributed by atoms with Crippen LogP contribution in [0.3, 0.4) is 0 Å². The van der Waals surface area contributed by atoms with Crippen molar-refractivity contribution in [3.8, 4) is 11.5 Å². The van der Waals surface area contributed by atoms with Gasteiger partial charge in [0.25, 0.3) is 0 Å². The van der Waals surface area contributed by atoms with Crippen LogP contribution in [0, 0.1) is 13.8 Å². The lowest BCUT2D eigenvalue weighted by Crippen LogP contribution is -2.04. The summed E-state index contributed by atoms with van der Waals surface area (Å²) in [5.74, 6) is 1.22. The summed E-state index contributed by atoms with van der Waals surface area (Å²) in [6, 6.07) is 10.2. The van der Waals surface area contributed by atoms with E-state index in [0.29, 0.717) is 36.3 Å². The SMILES string of the molecule is C=CCOc1c(Cl)cc(CNc2ccc(C)c(C)c2)cc1OCC. The van der Waals surface area contributed by atoms with Gasteiger partial charge < -0.3 is 14.8 Å². The minimum Gasteiger partial charge on any atom is -0.490 e. The summed E-state index contributed by atoms with van der Waals surface area (Å²) in [5, 5.41) is 3.96. The first-order valence-corrected chi connectivity index (χ1v) is 8.43. The van der Waals surface area contributed by atoms with Crippen molar-refractivity contribution >= 4 is 17.3 Å². The van der Waals surface area contributed by atoms with Crippen LogP contribution in [0.15, 0.2) is 43.0 Å². The van der Waals surface area contributed by atoms with Gasteiger partial charge in [-0.3, -0.25) is 0 Å². The molecule has 0 aromatic heterocycles. The molecule has 2 aromatic rings. The molecular formula is C20H24ClNO2. The van der Waals surface area contributed by atoms with Crippen LogP contribution >= 0.6 is 11.6 Å². The van der Waals surface area contributed by atoms with E-state index in [4.69, 9.17) is 21.1 Å². The summed E-state index contributed by atoms with van der Waals surface area (Å²) in [6.07, 6.45) is 1.68. The fraction of sp³-hybridized carbons (Fsp3) is 0.300. The lowest BCUT2D eigenvalue weighted by atomic mass is 10.1. The zero-order chi connectivity index (χ0) is 17.5. The van der Waals surface area contributed by atoms with Crippen molar-refractivity contribution in [1.82, 2.24) is 0 Å². The maximum Gasteiger partial charge on any atom is 0.180 e. The van der Waals surface area contributed by atoms with Crippen LogP contribution in [-0.4, -0.2) is 13.2 Å². The van der Waals surface area contributed by atoms with Gasteiger partial charge in [0.1, 0.15) is 6.61 Å². The first kappa shape index (κ1) is 18.2. The van der Waals surface area contributed by atoms with E-state index in [1.165, 1.54) is 11.1 Å². The van der Waals surface area contributed by atoms with E-state index >= 15 is 0 Å². The Morgan fingerprint density at radius 2 is 1.92 bits per heavy atom. The smallest absolute Gasteiger partial charge is 0.180 e. The van der Waals surface area contributed by atoms with Gasteiger partial charge in [-0.2, -0.15) is 0 Å². The van der Waals surface area contributed by atoms with E-state index < -0.39 is 0 Å². The number of aryl methyl sites for hydroxylation is 2. The largest absolute Gasteiger partial charge is 0.490 e. The molecule has 0 saturated carbocycles. The zero-order valence-corrected chi connectivity index (χ0v) is 15.2. The highest BCUT2D eigenvalue weighted by Gasteiger charge is 2.12. The Kier molecular flexibility index (Phi) is 6.56. The number of nitrogens with one attached hydrogen (secondary N) is 1. The number of anilines is 1. The first-order valence-electron chi connectivity index (χ1n) is 8.05.